The van der Waals surface area contributed by atoms with Crippen LogP contribution in [0.25, 0.3) is 22.2 Å². The quantitative estimate of drug-likeness (QED) is 0.519. The first-order valence-electron chi connectivity index (χ1n) is 12.2. The molecule has 2 N–H and O–H groups in total. The number of nitrogens with zero attached hydrogens (tertiary/aromatic N) is 1. The summed E-state index contributed by atoms with van der Waals surface area (Å²) in [4.78, 5) is 25.9. The van der Waals surface area contributed by atoms with Crippen LogP contribution in [0.15, 0.2) is 42.5 Å². The molecular formula is C29H37N3O2. The Balaban J connectivity index is 1.79. The number of carbonyl (C=O) groups is 2. The maximum atomic E-state index is 13.1. The van der Waals surface area contributed by atoms with Gasteiger partial charge in [-0.25, -0.2) is 0 Å². The van der Waals surface area contributed by atoms with Crippen LogP contribution in [-0.2, 0) is 21.5 Å². The second-order valence-electron chi connectivity index (χ2n) is 11.4. The molecule has 0 saturated heterocycles. The molecule has 3 aromatic rings. The van der Waals surface area contributed by atoms with Crippen LogP contribution < -0.4 is 10.6 Å². The number of benzene rings is 2. The van der Waals surface area contributed by atoms with Gasteiger partial charge >= 0.3 is 0 Å². The van der Waals surface area contributed by atoms with Crippen LogP contribution in [0.3, 0.4) is 0 Å². The van der Waals surface area contributed by atoms with Crippen molar-refractivity contribution < 1.29 is 9.59 Å². The molecule has 1 aromatic heterocycles. The monoisotopic (exact) mass is 459 g/mol. The van der Waals surface area contributed by atoms with E-state index in [1.54, 1.807) is 0 Å². The summed E-state index contributed by atoms with van der Waals surface area (Å²) in [6.07, 6.45) is 2.13. The largest absolute Gasteiger partial charge is 0.352 e. The molecule has 0 aliphatic heterocycles. The second kappa shape index (κ2) is 8.61. The van der Waals surface area contributed by atoms with E-state index in [1.807, 2.05) is 46.8 Å². The Labute approximate surface area is 202 Å². The van der Waals surface area contributed by atoms with E-state index in [0.717, 1.165) is 40.6 Å². The number of aryl methyl sites for hydroxylation is 2. The summed E-state index contributed by atoms with van der Waals surface area (Å²) in [7, 11) is 0. The van der Waals surface area contributed by atoms with Crippen molar-refractivity contribution in [3.8, 4) is 11.3 Å². The Morgan fingerprint density at radius 3 is 2.18 bits per heavy atom. The lowest BCUT2D eigenvalue weighted by atomic mass is 9.82. The molecule has 1 heterocycles. The standard InChI is InChI=1S/C29H37N3O2/c1-18-12-19(2)14-20(13-18)25-16-21-15-22(29(6,7)27(34)31-28(3,4)5)8-11-24(21)32(25)17-26(33)30-23-9-10-23/h8,11-16,23H,9-10,17H2,1-7H3,(H,30,33)(H,31,34). The molecule has 180 valence electrons. The number of rotatable bonds is 6. The lowest BCUT2D eigenvalue weighted by Crippen LogP contribution is -2.48. The molecule has 0 bridgehead atoms. The molecule has 1 saturated carbocycles. The Morgan fingerprint density at radius 1 is 0.941 bits per heavy atom. The van der Waals surface area contributed by atoms with Gasteiger partial charge in [0, 0.05) is 28.2 Å². The van der Waals surface area contributed by atoms with Crippen LogP contribution in [0.1, 0.15) is 64.2 Å². The number of hydrogen-bond donors (Lipinski definition) is 2. The van der Waals surface area contributed by atoms with Gasteiger partial charge in [-0.15, -0.1) is 0 Å². The summed E-state index contributed by atoms with van der Waals surface area (Å²) >= 11 is 0. The lowest BCUT2D eigenvalue weighted by molar-refractivity contribution is -0.127. The van der Waals surface area contributed by atoms with Gasteiger partial charge in [-0.2, -0.15) is 0 Å². The summed E-state index contributed by atoms with van der Waals surface area (Å²) in [5, 5.41) is 7.26. The van der Waals surface area contributed by atoms with Crippen molar-refractivity contribution in [1.29, 1.82) is 0 Å². The van der Waals surface area contributed by atoms with Crippen molar-refractivity contribution in [1.82, 2.24) is 15.2 Å². The molecule has 1 fully saturated rings. The Morgan fingerprint density at radius 2 is 1.59 bits per heavy atom. The highest BCUT2D eigenvalue weighted by Gasteiger charge is 2.32. The van der Waals surface area contributed by atoms with E-state index in [1.165, 1.54) is 11.1 Å². The number of fused-ring (bicyclic) bond motifs is 1. The van der Waals surface area contributed by atoms with Gasteiger partial charge in [0.2, 0.25) is 11.8 Å². The molecule has 5 heteroatoms. The minimum absolute atomic E-state index is 0.00266. The predicted octanol–water partition coefficient (Wildman–Crippen LogP) is 5.40. The topological polar surface area (TPSA) is 63.1 Å². The maximum Gasteiger partial charge on any atom is 0.240 e. The van der Waals surface area contributed by atoms with Crippen molar-refractivity contribution in [3.05, 3.63) is 59.2 Å². The minimum atomic E-state index is -0.687. The molecule has 2 amide bonds. The molecule has 1 aliphatic carbocycles. The Kier molecular flexibility index (Phi) is 6.09. The van der Waals surface area contributed by atoms with Crippen molar-refractivity contribution in [2.75, 3.05) is 0 Å². The Bertz CT molecular complexity index is 1240. The zero-order chi connectivity index (χ0) is 24.8. The fourth-order valence-corrected chi connectivity index (χ4v) is 4.46. The van der Waals surface area contributed by atoms with Gasteiger partial charge in [-0.1, -0.05) is 23.3 Å². The van der Waals surface area contributed by atoms with Gasteiger partial charge < -0.3 is 15.2 Å². The van der Waals surface area contributed by atoms with Crippen molar-refractivity contribution in [2.24, 2.45) is 0 Å². The summed E-state index contributed by atoms with van der Waals surface area (Å²) in [6.45, 7) is 14.4. The highest BCUT2D eigenvalue weighted by atomic mass is 16.2. The van der Waals surface area contributed by atoms with Crippen molar-refractivity contribution in [3.63, 3.8) is 0 Å². The number of aromatic nitrogens is 1. The summed E-state index contributed by atoms with van der Waals surface area (Å²) in [5.74, 6) is 0.0386. The summed E-state index contributed by atoms with van der Waals surface area (Å²) in [6, 6.07) is 15.1. The molecule has 0 spiro atoms. The van der Waals surface area contributed by atoms with E-state index in [9.17, 15) is 9.59 Å². The van der Waals surface area contributed by atoms with Crippen LogP contribution in [0.4, 0.5) is 0 Å². The normalized spacial score (nSPS) is 14.3. The fraction of sp³-hybridized carbons (Fsp3) is 0.448. The molecular weight excluding hydrogens is 422 g/mol. The van der Waals surface area contributed by atoms with Gasteiger partial charge in [0.25, 0.3) is 0 Å². The van der Waals surface area contributed by atoms with Crippen molar-refractivity contribution >= 4 is 22.7 Å². The molecule has 0 atom stereocenters. The number of nitrogens with one attached hydrogen (secondary N) is 2. The van der Waals surface area contributed by atoms with E-state index in [4.69, 9.17) is 0 Å². The molecule has 0 unspecified atom stereocenters. The number of carbonyl (C=O) groups excluding carboxylic acids is 2. The molecule has 1 aliphatic rings. The van der Waals surface area contributed by atoms with E-state index >= 15 is 0 Å². The molecule has 0 radical (unpaired) electrons. The van der Waals surface area contributed by atoms with Gasteiger partial charge in [-0.05, 0) is 103 Å². The number of hydrogen-bond acceptors (Lipinski definition) is 2. The highest BCUT2D eigenvalue weighted by molar-refractivity contribution is 5.93. The summed E-state index contributed by atoms with van der Waals surface area (Å²) in [5.41, 5.74) is 5.45. The zero-order valence-electron chi connectivity index (χ0n) is 21.5. The van der Waals surface area contributed by atoms with Gasteiger partial charge in [-0.3, -0.25) is 9.59 Å². The average Bonchev–Trinajstić information content (AvgIpc) is 3.45. The van der Waals surface area contributed by atoms with Crippen molar-refractivity contribution in [2.45, 2.75) is 84.8 Å². The van der Waals surface area contributed by atoms with Crippen LogP contribution in [0, 0.1) is 13.8 Å². The smallest absolute Gasteiger partial charge is 0.240 e. The fourth-order valence-electron chi connectivity index (χ4n) is 4.46. The predicted molar refractivity (Wildman–Crippen MR) is 139 cm³/mol. The number of amides is 2. The van der Waals surface area contributed by atoms with Gasteiger partial charge in [0.1, 0.15) is 6.54 Å². The minimum Gasteiger partial charge on any atom is -0.352 e. The van der Waals surface area contributed by atoms with E-state index in [0.29, 0.717) is 6.04 Å². The SMILES string of the molecule is Cc1cc(C)cc(-c2cc3cc(C(C)(C)C(=O)NC(C)(C)C)ccc3n2CC(=O)NC2CC2)c1. The highest BCUT2D eigenvalue weighted by Crippen LogP contribution is 2.33. The lowest BCUT2D eigenvalue weighted by Gasteiger charge is -2.30. The third-order valence-corrected chi connectivity index (χ3v) is 6.44. The van der Waals surface area contributed by atoms with Crippen LogP contribution >= 0.6 is 0 Å². The molecule has 5 nitrogen and oxygen atoms in total. The van der Waals surface area contributed by atoms with Crippen LogP contribution in [-0.4, -0.2) is 28.0 Å². The zero-order valence-corrected chi connectivity index (χ0v) is 21.5. The summed E-state index contributed by atoms with van der Waals surface area (Å²) < 4.78 is 2.10. The molecule has 2 aromatic carbocycles. The van der Waals surface area contributed by atoms with E-state index < -0.39 is 5.41 Å². The van der Waals surface area contributed by atoms with Gasteiger partial charge in [0.05, 0.1) is 5.41 Å². The van der Waals surface area contributed by atoms with E-state index in [-0.39, 0.29) is 23.9 Å². The Hall–Kier alpha value is -3.08. The second-order valence-corrected chi connectivity index (χ2v) is 11.4. The molecule has 4 rings (SSSR count). The maximum absolute atomic E-state index is 13.1. The third-order valence-electron chi connectivity index (χ3n) is 6.44. The first-order valence-corrected chi connectivity index (χ1v) is 12.2. The average molecular weight is 460 g/mol. The van der Waals surface area contributed by atoms with Gasteiger partial charge in [0.15, 0.2) is 0 Å². The first kappa shape index (κ1) is 24.1. The van der Waals surface area contributed by atoms with Crippen LogP contribution in [0.5, 0.6) is 0 Å². The first-order chi connectivity index (χ1) is 15.8. The van der Waals surface area contributed by atoms with E-state index in [2.05, 4.69) is 59.4 Å². The third kappa shape index (κ3) is 5.19. The molecule has 34 heavy (non-hydrogen) atoms. The van der Waals surface area contributed by atoms with Crippen LogP contribution in [0.2, 0.25) is 0 Å².